The summed E-state index contributed by atoms with van der Waals surface area (Å²) >= 11 is 5.28. The van der Waals surface area contributed by atoms with Crippen LogP contribution in [0.5, 0.6) is 0 Å². The molecule has 1 aliphatic heterocycles. The monoisotopic (exact) mass is 486 g/mol. The van der Waals surface area contributed by atoms with Gasteiger partial charge >= 0.3 is 0 Å². The molecule has 4 saturated carbocycles. The van der Waals surface area contributed by atoms with Gasteiger partial charge in [-0.2, -0.15) is 4.31 Å². The molecule has 0 radical (unpaired) electrons. The number of halogens is 1. The van der Waals surface area contributed by atoms with Gasteiger partial charge in [-0.15, -0.1) is 11.3 Å². The van der Waals surface area contributed by atoms with Gasteiger partial charge in [0.2, 0.25) is 5.91 Å². The zero-order valence-corrected chi connectivity index (χ0v) is 19.2. The van der Waals surface area contributed by atoms with Crippen molar-refractivity contribution in [1.82, 2.24) is 9.21 Å². The van der Waals surface area contributed by atoms with Crippen molar-refractivity contribution in [2.45, 2.75) is 53.5 Å². The van der Waals surface area contributed by atoms with Crippen LogP contribution in [0.15, 0.2) is 21.7 Å². The number of nitrogens with zero attached hydrogens (tertiary/aromatic N) is 2. The van der Waals surface area contributed by atoms with E-state index in [9.17, 15) is 13.2 Å². The standard InChI is InChI=1S/C20H27BrN2O3S2/c21-20-11-15-8-16(12-20)10-19(9-15,14-20)13-17(24)22-3-5-23(6-4-22)28(25,26)18-2-1-7-27-18/h1-2,7,15-16H,3-6,8-14H2. The first kappa shape index (κ1) is 19.5. The fraction of sp³-hybridized carbons (Fsp3) is 0.750. The molecule has 2 unspecified atom stereocenters. The summed E-state index contributed by atoms with van der Waals surface area (Å²) in [7, 11) is -3.41. The van der Waals surface area contributed by atoms with Gasteiger partial charge in [-0.3, -0.25) is 4.79 Å². The number of alkyl halides is 1. The number of amides is 1. The summed E-state index contributed by atoms with van der Waals surface area (Å²) in [4.78, 5) is 15.0. The Bertz CT molecular complexity index is 848. The van der Waals surface area contributed by atoms with Crippen molar-refractivity contribution in [2.24, 2.45) is 17.3 Å². The van der Waals surface area contributed by atoms with Gasteiger partial charge in [0.25, 0.3) is 10.0 Å². The molecule has 1 amide bonds. The summed E-state index contributed by atoms with van der Waals surface area (Å²) in [6.07, 6.45) is 8.08. The third-order valence-electron chi connectivity index (χ3n) is 7.32. The predicted octanol–water partition coefficient (Wildman–Crippen LogP) is 3.71. The molecule has 0 N–H and O–H groups in total. The average molecular weight is 487 g/mol. The molecule has 6 rings (SSSR count). The molecule has 0 spiro atoms. The normalized spacial score (nSPS) is 38.1. The fourth-order valence-corrected chi connectivity index (χ4v) is 10.8. The maximum absolute atomic E-state index is 13.1. The summed E-state index contributed by atoms with van der Waals surface area (Å²) in [6.45, 7) is 1.80. The Labute approximate surface area is 179 Å². The number of hydrogen-bond donors (Lipinski definition) is 0. The summed E-state index contributed by atoms with van der Waals surface area (Å²) in [5, 5.41) is 1.79. The predicted molar refractivity (Wildman–Crippen MR) is 113 cm³/mol. The van der Waals surface area contributed by atoms with Crippen molar-refractivity contribution in [3.8, 4) is 0 Å². The number of thiophene rings is 1. The molecule has 2 atom stereocenters. The molecule has 28 heavy (non-hydrogen) atoms. The van der Waals surface area contributed by atoms with E-state index in [1.165, 1.54) is 47.7 Å². The summed E-state index contributed by atoms with van der Waals surface area (Å²) in [5.41, 5.74) is 0.171. The number of rotatable bonds is 4. The number of sulfonamides is 1. The highest BCUT2D eigenvalue weighted by atomic mass is 79.9. The van der Waals surface area contributed by atoms with Gasteiger partial charge in [-0.25, -0.2) is 8.42 Å². The van der Waals surface area contributed by atoms with Gasteiger partial charge < -0.3 is 4.90 Å². The van der Waals surface area contributed by atoms with Crippen LogP contribution in [0.2, 0.25) is 0 Å². The lowest BCUT2D eigenvalue weighted by atomic mass is 9.48. The lowest BCUT2D eigenvalue weighted by molar-refractivity contribution is -0.139. The zero-order chi connectivity index (χ0) is 19.6. The molecule has 2 heterocycles. The molecule has 0 aromatic carbocycles. The molecule has 5 fully saturated rings. The van der Waals surface area contributed by atoms with Crippen LogP contribution in [-0.4, -0.2) is 54.0 Å². The molecule has 5 nitrogen and oxygen atoms in total. The number of piperazine rings is 1. The van der Waals surface area contributed by atoms with Crippen molar-refractivity contribution in [2.75, 3.05) is 26.2 Å². The van der Waals surface area contributed by atoms with Crippen LogP contribution in [0, 0.1) is 17.3 Å². The highest BCUT2D eigenvalue weighted by molar-refractivity contribution is 9.10. The van der Waals surface area contributed by atoms with Crippen LogP contribution in [0.1, 0.15) is 44.9 Å². The fourth-order valence-electron chi connectivity index (χ4n) is 6.69. The van der Waals surface area contributed by atoms with E-state index in [2.05, 4.69) is 15.9 Å². The van der Waals surface area contributed by atoms with Crippen LogP contribution < -0.4 is 0 Å². The van der Waals surface area contributed by atoms with E-state index >= 15 is 0 Å². The van der Waals surface area contributed by atoms with Crippen molar-refractivity contribution in [1.29, 1.82) is 0 Å². The Kier molecular flexibility index (Phi) is 4.73. The zero-order valence-electron chi connectivity index (χ0n) is 16.0. The quantitative estimate of drug-likeness (QED) is 0.609. The summed E-state index contributed by atoms with van der Waals surface area (Å²) in [6, 6.07) is 3.42. The third-order valence-corrected chi connectivity index (χ3v) is 11.5. The molecule has 4 bridgehead atoms. The summed E-state index contributed by atoms with van der Waals surface area (Å²) in [5.74, 6) is 1.79. The lowest BCUT2D eigenvalue weighted by Crippen LogP contribution is -2.55. The third kappa shape index (κ3) is 3.38. The Balaban J connectivity index is 1.22. The van der Waals surface area contributed by atoms with Gasteiger partial charge in [0.05, 0.1) is 0 Å². The average Bonchev–Trinajstić information content (AvgIpc) is 3.14. The highest BCUT2D eigenvalue weighted by Gasteiger charge is 2.57. The first-order chi connectivity index (χ1) is 13.3. The molecule has 8 heteroatoms. The Morgan fingerprint density at radius 2 is 1.82 bits per heavy atom. The van der Waals surface area contributed by atoms with Crippen molar-refractivity contribution < 1.29 is 13.2 Å². The van der Waals surface area contributed by atoms with Gasteiger partial charge in [-0.05, 0) is 67.2 Å². The van der Waals surface area contributed by atoms with E-state index in [-0.39, 0.29) is 15.6 Å². The van der Waals surface area contributed by atoms with Crippen molar-refractivity contribution in [3.05, 3.63) is 17.5 Å². The molecule has 5 aliphatic rings. The molecule has 1 aromatic heterocycles. The first-order valence-electron chi connectivity index (χ1n) is 10.3. The van der Waals surface area contributed by atoms with E-state index in [0.717, 1.165) is 18.3 Å². The minimum atomic E-state index is -3.41. The maximum Gasteiger partial charge on any atom is 0.252 e. The lowest BCUT2D eigenvalue weighted by Gasteiger charge is -2.60. The highest BCUT2D eigenvalue weighted by Crippen LogP contribution is 2.65. The van der Waals surface area contributed by atoms with E-state index in [4.69, 9.17) is 0 Å². The van der Waals surface area contributed by atoms with E-state index in [1.807, 2.05) is 4.90 Å². The van der Waals surface area contributed by atoms with Crippen LogP contribution in [0.3, 0.4) is 0 Å². The Morgan fingerprint density at radius 3 is 2.39 bits per heavy atom. The molecule has 4 aliphatic carbocycles. The van der Waals surface area contributed by atoms with Crippen molar-refractivity contribution in [3.63, 3.8) is 0 Å². The van der Waals surface area contributed by atoms with Crippen LogP contribution >= 0.6 is 27.3 Å². The largest absolute Gasteiger partial charge is 0.340 e. The molecule has 154 valence electrons. The second kappa shape index (κ2) is 6.79. The number of carbonyl (C=O) groups excluding carboxylic acids is 1. The maximum atomic E-state index is 13.1. The number of hydrogen-bond acceptors (Lipinski definition) is 4. The SMILES string of the molecule is O=C(CC12CC3CC(CC(Br)(C3)C1)C2)N1CCN(S(=O)(=O)c2cccs2)CC1. The summed E-state index contributed by atoms with van der Waals surface area (Å²) < 4.78 is 27.6. The second-order valence-electron chi connectivity index (χ2n) is 9.51. The van der Waals surface area contributed by atoms with Crippen molar-refractivity contribution >= 4 is 43.2 Å². The number of carbonyl (C=O) groups is 1. The topological polar surface area (TPSA) is 57.7 Å². The Hall–Kier alpha value is -0.440. The van der Waals surface area contributed by atoms with E-state index < -0.39 is 10.0 Å². The van der Waals surface area contributed by atoms with Gasteiger partial charge in [0, 0.05) is 36.9 Å². The van der Waals surface area contributed by atoms with Crippen LogP contribution in [0.25, 0.3) is 0 Å². The van der Waals surface area contributed by atoms with Gasteiger partial charge in [0.1, 0.15) is 4.21 Å². The van der Waals surface area contributed by atoms with Gasteiger partial charge in [0.15, 0.2) is 0 Å². The molecular weight excluding hydrogens is 460 g/mol. The minimum Gasteiger partial charge on any atom is -0.340 e. The van der Waals surface area contributed by atoms with E-state index in [1.54, 1.807) is 17.5 Å². The molecular formula is C20H27BrN2O3S2. The van der Waals surface area contributed by atoms with Crippen LogP contribution in [-0.2, 0) is 14.8 Å². The smallest absolute Gasteiger partial charge is 0.252 e. The van der Waals surface area contributed by atoms with Crippen LogP contribution in [0.4, 0.5) is 0 Å². The van der Waals surface area contributed by atoms with E-state index in [0.29, 0.717) is 36.8 Å². The first-order valence-corrected chi connectivity index (χ1v) is 13.4. The molecule has 1 saturated heterocycles. The van der Waals surface area contributed by atoms with Gasteiger partial charge in [-0.1, -0.05) is 22.0 Å². The second-order valence-corrected chi connectivity index (χ2v) is 14.3. The minimum absolute atomic E-state index is 0.171. The Morgan fingerprint density at radius 1 is 1.14 bits per heavy atom. The molecule has 1 aromatic rings.